The SMILES string of the molecule is COc1ccc2[nH]cc(C3CCN(C(=O)COc4ccc(C(F)(F)F)cc4)CC3)c2c1. The van der Waals surface area contributed by atoms with E-state index in [0.29, 0.717) is 19.0 Å². The molecule has 4 rings (SSSR count). The fraction of sp³-hybridized carbons (Fsp3) is 0.348. The minimum Gasteiger partial charge on any atom is -0.497 e. The molecule has 2 heterocycles. The molecule has 2 aromatic carbocycles. The van der Waals surface area contributed by atoms with E-state index >= 15 is 0 Å². The number of aromatic nitrogens is 1. The second-order valence-electron chi connectivity index (χ2n) is 7.62. The van der Waals surface area contributed by atoms with Crippen LogP contribution in [0.15, 0.2) is 48.7 Å². The predicted octanol–water partition coefficient (Wildman–Crippen LogP) is 4.98. The molecule has 0 atom stereocenters. The average molecular weight is 432 g/mol. The smallest absolute Gasteiger partial charge is 0.416 e. The summed E-state index contributed by atoms with van der Waals surface area (Å²) in [6.07, 6.45) is -0.707. The second-order valence-corrected chi connectivity index (χ2v) is 7.62. The van der Waals surface area contributed by atoms with E-state index in [0.717, 1.165) is 41.6 Å². The molecule has 1 N–H and O–H groups in total. The van der Waals surface area contributed by atoms with Gasteiger partial charge in [-0.15, -0.1) is 0 Å². The number of hydrogen-bond acceptors (Lipinski definition) is 3. The summed E-state index contributed by atoms with van der Waals surface area (Å²) in [7, 11) is 1.64. The van der Waals surface area contributed by atoms with Gasteiger partial charge < -0.3 is 19.4 Å². The third-order valence-corrected chi connectivity index (χ3v) is 5.75. The molecule has 3 aromatic rings. The van der Waals surface area contributed by atoms with Crippen molar-refractivity contribution in [2.75, 3.05) is 26.8 Å². The molecule has 1 saturated heterocycles. The van der Waals surface area contributed by atoms with Crippen LogP contribution in [0.4, 0.5) is 13.2 Å². The Morgan fingerprint density at radius 3 is 2.42 bits per heavy atom. The number of piperidine rings is 1. The fourth-order valence-corrected chi connectivity index (χ4v) is 4.00. The number of aromatic amines is 1. The van der Waals surface area contributed by atoms with E-state index in [4.69, 9.17) is 9.47 Å². The topological polar surface area (TPSA) is 54.6 Å². The number of amides is 1. The predicted molar refractivity (Wildman–Crippen MR) is 110 cm³/mol. The highest BCUT2D eigenvalue weighted by molar-refractivity contribution is 5.85. The highest BCUT2D eigenvalue weighted by Crippen LogP contribution is 2.35. The van der Waals surface area contributed by atoms with Gasteiger partial charge in [0, 0.05) is 30.2 Å². The Balaban J connectivity index is 1.32. The van der Waals surface area contributed by atoms with E-state index < -0.39 is 11.7 Å². The van der Waals surface area contributed by atoms with Gasteiger partial charge in [-0.25, -0.2) is 0 Å². The van der Waals surface area contributed by atoms with Crippen LogP contribution in [0.25, 0.3) is 10.9 Å². The molecule has 164 valence electrons. The number of fused-ring (bicyclic) bond motifs is 1. The molecule has 1 amide bonds. The number of nitrogens with one attached hydrogen (secondary N) is 1. The Morgan fingerprint density at radius 1 is 1.10 bits per heavy atom. The Bertz CT molecular complexity index is 1050. The van der Waals surface area contributed by atoms with Gasteiger partial charge in [0.05, 0.1) is 12.7 Å². The third kappa shape index (κ3) is 4.62. The second kappa shape index (κ2) is 8.53. The monoisotopic (exact) mass is 432 g/mol. The Hall–Kier alpha value is -3.16. The molecule has 0 spiro atoms. The zero-order valence-electron chi connectivity index (χ0n) is 17.0. The molecule has 0 radical (unpaired) electrons. The number of ether oxygens (including phenoxy) is 2. The number of carbonyl (C=O) groups is 1. The Labute approximate surface area is 177 Å². The number of carbonyl (C=O) groups excluding carboxylic acids is 1. The van der Waals surface area contributed by atoms with Crippen molar-refractivity contribution in [3.05, 3.63) is 59.8 Å². The quantitative estimate of drug-likeness (QED) is 0.619. The lowest BCUT2D eigenvalue weighted by Crippen LogP contribution is -2.40. The molecule has 0 unspecified atom stereocenters. The Kier molecular flexibility index (Phi) is 5.80. The van der Waals surface area contributed by atoms with Crippen molar-refractivity contribution in [2.45, 2.75) is 24.9 Å². The van der Waals surface area contributed by atoms with Gasteiger partial charge in [-0.3, -0.25) is 4.79 Å². The number of benzene rings is 2. The first-order valence-electron chi connectivity index (χ1n) is 10.1. The average Bonchev–Trinajstić information content (AvgIpc) is 3.20. The summed E-state index contributed by atoms with van der Waals surface area (Å²) >= 11 is 0. The highest BCUT2D eigenvalue weighted by Gasteiger charge is 2.30. The number of hydrogen-bond donors (Lipinski definition) is 1. The maximum Gasteiger partial charge on any atom is 0.416 e. The van der Waals surface area contributed by atoms with Crippen molar-refractivity contribution in [1.82, 2.24) is 9.88 Å². The van der Waals surface area contributed by atoms with Crippen LogP contribution < -0.4 is 9.47 Å². The normalized spacial score (nSPS) is 15.3. The van der Waals surface area contributed by atoms with Gasteiger partial charge >= 0.3 is 6.18 Å². The van der Waals surface area contributed by atoms with E-state index in [1.165, 1.54) is 17.7 Å². The van der Waals surface area contributed by atoms with Crippen LogP contribution in [-0.2, 0) is 11.0 Å². The zero-order chi connectivity index (χ0) is 22.0. The maximum atomic E-state index is 12.6. The number of halogens is 3. The summed E-state index contributed by atoms with van der Waals surface area (Å²) in [5.74, 6) is 1.21. The first-order valence-corrected chi connectivity index (χ1v) is 10.1. The summed E-state index contributed by atoms with van der Waals surface area (Å²) in [5.41, 5.74) is 1.53. The van der Waals surface area contributed by atoms with Gasteiger partial charge in [0.1, 0.15) is 11.5 Å². The van der Waals surface area contributed by atoms with E-state index in [1.54, 1.807) is 12.0 Å². The number of H-pyrrole nitrogens is 1. The third-order valence-electron chi connectivity index (χ3n) is 5.75. The molecule has 1 aliphatic rings. The van der Waals surface area contributed by atoms with Crippen molar-refractivity contribution >= 4 is 16.8 Å². The number of nitrogens with zero attached hydrogens (tertiary/aromatic N) is 1. The van der Waals surface area contributed by atoms with Gasteiger partial charge in [0.15, 0.2) is 6.61 Å². The van der Waals surface area contributed by atoms with Crippen molar-refractivity contribution in [1.29, 1.82) is 0 Å². The first-order chi connectivity index (χ1) is 14.8. The van der Waals surface area contributed by atoms with Crippen molar-refractivity contribution in [3.63, 3.8) is 0 Å². The number of rotatable bonds is 5. The van der Waals surface area contributed by atoms with E-state index in [-0.39, 0.29) is 18.3 Å². The molecule has 1 fully saturated rings. The van der Waals surface area contributed by atoms with Crippen molar-refractivity contribution < 1.29 is 27.4 Å². The largest absolute Gasteiger partial charge is 0.497 e. The lowest BCUT2D eigenvalue weighted by Gasteiger charge is -2.32. The van der Waals surface area contributed by atoms with Crippen molar-refractivity contribution in [3.8, 4) is 11.5 Å². The van der Waals surface area contributed by atoms with Gasteiger partial charge in [0.25, 0.3) is 5.91 Å². The standard InChI is InChI=1S/C23H23F3N2O3/c1-30-18-6-7-21-19(12-18)20(13-27-21)15-8-10-28(11-9-15)22(29)14-31-17-4-2-16(3-5-17)23(24,25)26/h2-7,12-13,15,27H,8-11,14H2,1H3. The molecule has 8 heteroatoms. The van der Waals surface area contributed by atoms with Gasteiger partial charge in [0.2, 0.25) is 0 Å². The molecule has 5 nitrogen and oxygen atoms in total. The minimum absolute atomic E-state index is 0.168. The van der Waals surface area contributed by atoms with Gasteiger partial charge in [-0.1, -0.05) is 0 Å². The van der Waals surface area contributed by atoms with Gasteiger partial charge in [-0.05, 0) is 66.8 Å². The number of likely N-dealkylation sites (tertiary alicyclic amines) is 1. The van der Waals surface area contributed by atoms with Gasteiger partial charge in [-0.2, -0.15) is 13.2 Å². The fourth-order valence-electron chi connectivity index (χ4n) is 4.00. The van der Waals surface area contributed by atoms with E-state index in [2.05, 4.69) is 4.98 Å². The van der Waals surface area contributed by atoms with Crippen LogP contribution in [0.2, 0.25) is 0 Å². The first kappa shape index (κ1) is 21.1. The Morgan fingerprint density at radius 2 is 1.77 bits per heavy atom. The molecule has 1 aromatic heterocycles. The summed E-state index contributed by atoms with van der Waals surface area (Å²) in [6, 6.07) is 10.3. The van der Waals surface area contributed by atoms with Crippen LogP contribution in [0.5, 0.6) is 11.5 Å². The van der Waals surface area contributed by atoms with E-state index in [1.807, 2.05) is 24.4 Å². The molecule has 0 saturated carbocycles. The minimum atomic E-state index is -4.39. The molecular weight excluding hydrogens is 409 g/mol. The number of alkyl halides is 3. The lowest BCUT2D eigenvalue weighted by molar-refractivity contribution is -0.138. The molecule has 0 aliphatic carbocycles. The zero-order valence-corrected chi connectivity index (χ0v) is 17.0. The lowest BCUT2D eigenvalue weighted by atomic mass is 9.89. The summed E-state index contributed by atoms with van der Waals surface area (Å²) in [6.45, 7) is 1.02. The van der Waals surface area contributed by atoms with Crippen LogP contribution in [0.1, 0.15) is 29.9 Å². The summed E-state index contributed by atoms with van der Waals surface area (Å²) < 4.78 is 48.6. The maximum absolute atomic E-state index is 12.6. The molecule has 1 aliphatic heterocycles. The molecule has 0 bridgehead atoms. The summed E-state index contributed by atoms with van der Waals surface area (Å²) in [4.78, 5) is 17.5. The molecule has 31 heavy (non-hydrogen) atoms. The number of methoxy groups -OCH3 is 1. The van der Waals surface area contributed by atoms with E-state index in [9.17, 15) is 18.0 Å². The van der Waals surface area contributed by atoms with Crippen molar-refractivity contribution in [2.24, 2.45) is 0 Å². The van der Waals surface area contributed by atoms with Crippen LogP contribution in [0, 0.1) is 0 Å². The van der Waals surface area contributed by atoms with Crippen LogP contribution in [0.3, 0.4) is 0 Å². The molecular formula is C23H23F3N2O3. The van der Waals surface area contributed by atoms with Crippen LogP contribution in [-0.4, -0.2) is 42.6 Å². The highest BCUT2D eigenvalue weighted by atomic mass is 19.4. The van der Waals surface area contributed by atoms with Crippen LogP contribution >= 0.6 is 0 Å². The summed E-state index contributed by atoms with van der Waals surface area (Å²) in [5, 5.41) is 1.13.